The average Bonchev–Trinajstić information content (AvgIpc) is 2.34. The van der Waals surface area contributed by atoms with Gasteiger partial charge in [-0.1, -0.05) is 31.5 Å². The Bertz CT molecular complexity index is 368. The Labute approximate surface area is 101 Å². The van der Waals surface area contributed by atoms with Gasteiger partial charge in [-0.2, -0.15) is 0 Å². The SMILES string of the molecule is CCCC(CN)C(=O)NCc1ccccc1F. The van der Waals surface area contributed by atoms with Gasteiger partial charge >= 0.3 is 0 Å². The van der Waals surface area contributed by atoms with Gasteiger partial charge < -0.3 is 11.1 Å². The maximum atomic E-state index is 13.3. The maximum Gasteiger partial charge on any atom is 0.224 e. The lowest BCUT2D eigenvalue weighted by Crippen LogP contribution is -2.34. The lowest BCUT2D eigenvalue weighted by atomic mass is 10.0. The van der Waals surface area contributed by atoms with Crippen LogP contribution in [0.4, 0.5) is 4.39 Å². The van der Waals surface area contributed by atoms with Crippen LogP contribution in [-0.2, 0) is 11.3 Å². The summed E-state index contributed by atoms with van der Waals surface area (Å²) < 4.78 is 13.3. The smallest absolute Gasteiger partial charge is 0.224 e. The van der Waals surface area contributed by atoms with E-state index in [9.17, 15) is 9.18 Å². The van der Waals surface area contributed by atoms with Crippen LogP contribution in [0.1, 0.15) is 25.3 Å². The number of rotatable bonds is 6. The molecule has 0 bridgehead atoms. The van der Waals surface area contributed by atoms with Gasteiger partial charge in [-0.15, -0.1) is 0 Å². The third kappa shape index (κ3) is 4.15. The molecule has 1 rings (SSSR count). The molecule has 1 amide bonds. The van der Waals surface area contributed by atoms with Crippen molar-refractivity contribution in [3.05, 3.63) is 35.6 Å². The van der Waals surface area contributed by atoms with Gasteiger partial charge in [0.15, 0.2) is 0 Å². The first kappa shape index (κ1) is 13.6. The molecule has 3 N–H and O–H groups in total. The fraction of sp³-hybridized carbons (Fsp3) is 0.462. The zero-order valence-electron chi connectivity index (χ0n) is 10.1. The predicted molar refractivity (Wildman–Crippen MR) is 65.7 cm³/mol. The molecule has 0 heterocycles. The number of hydrogen-bond acceptors (Lipinski definition) is 2. The number of nitrogens with two attached hydrogens (primary N) is 1. The van der Waals surface area contributed by atoms with E-state index in [1.165, 1.54) is 6.07 Å². The standard InChI is InChI=1S/C13H19FN2O/c1-2-5-10(8-15)13(17)16-9-11-6-3-4-7-12(11)14/h3-4,6-7,10H,2,5,8-9,15H2,1H3,(H,16,17). The Morgan fingerprint density at radius 1 is 1.47 bits per heavy atom. The van der Waals surface area contributed by atoms with E-state index in [2.05, 4.69) is 5.32 Å². The van der Waals surface area contributed by atoms with Gasteiger partial charge in [-0.3, -0.25) is 4.79 Å². The highest BCUT2D eigenvalue weighted by atomic mass is 19.1. The first-order chi connectivity index (χ1) is 8.19. The van der Waals surface area contributed by atoms with Crippen molar-refractivity contribution < 1.29 is 9.18 Å². The minimum absolute atomic E-state index is 0.0994. The fourth-order valence-corrected chi connectivity index (χ4v) is 1.67. The van der Waals surface area contributed by atoms with Crippen molar-refractivity contribution in [2.75, 3.05) is 6.54 Å². The Balaban J connectivity index is 2.50. The molecule has 0 aromatic heterocycles. The monoisotopic (exact) mass is 238 g/mol. The minimum atomic E-state index is -0.299. The number of amides is 1. The molecule has 0 saturated carbocycles. The molecule has 94 valence electrons. The molecule has 1 aromatic rings. The lowest BCUT2D eigenvalue weighted by molar-refractivity contribution is -0.125. The molecule has 4 heteroatoms. The van der Waals surface area contributed by atoms with Gasteiger partial charge in [0, 0.05) is 18.7 Å². The third-order valence-corrected chi connectivity index (χ3v) is 2.70. The molecule has 1 unspecified atom stereocenters. The van der Waals surface area contributed by atoms with E-state index in [0.29, 0.717) is 12.1 Å². The minimum Gasteiger partial charge on any atom is -0.352 e. The molecular weight excluding hydrogens is 219 g/mol. The topological polar surface area (TPSA) is 55.1 Å². The molecule has 0 radical (unpaired) electrons. The van der Waals surface area contributed by atoms with Gasteiger partial charge in [0.05, 0.1) is 5.92 Å². The Morgan fingerprint density at radius 3 is 2.76 bits per heavy atom. The van der Waals surface area contributed by atoms with Crippen LogP contribution in [-0.4, -0.2) is 12.5 Å². The first-order valence-corrected chi connectivity index (χ1v) is 5.90. The van der Waals surface area contributed by atoms with E-state index < -0.39 is 0 Å². The van der Waals surface area contributed by atoms with Crippen molar-refractivity contribution in [3.8, 4) is 0 Å². The second-order valence-electron chi connectivity index (χ2n) is 4.03. The van der Waals surface area contributed by atoms with E-state index in [0.717, 1.165) is 12.8 Å². The molecule has 17 heavy (non-hydrogen) atoms. The van der Waals surface area contributed by atoms with Crippen molar-refractivity contribution in [2.24, 2.45) is 11.7 Å². The summed E-state index contributed by atoms with van der Waals surface area (Å²) in [5, 5.41) is 2.72. The van der Waals surface area contributed by atoms with Crippen LogP contribution in [0.25, 0.3) is 0 Å². The highest BCUT2D eigenvalue weighted by molar-refractivity contribution is 5.78. The number of carbonyl (C=O) groups is 1. The first-order valence-electron chi connectivity index (χ1n) is 5.90. The number of hydrogen-bond donors (Lipinski definition) is 2. The van der Waals surface area contributed by atoms with E-state index in [4.69, 9.17) is 5.73 Å². The number of nitrogens with one attached hydrogen (secondary N) is 1. The summed E-state index contributed by atoms with van der Waals surface area (Å²) in [4.78, 5) is 11.7. The van der Waals surface area contributed by atoms with Gasteiger partial charge in [-0.05, 0) is 12.5 Å². The molecule has 0 aliphatic rings. The lowest BCUT2D eigenvalue weighted by Gasteiger charge is -2.14. The summed E-state index contributed by atoms with van der Waals surface area (Å²) >= 11 is 0. The van der Waals surface area contributed by atoms with Crippen LogP contribution in [0.3, 0.4) is 0 Å². The summed E-state index contributed by atoms with van der Waals surface area (Å²) in [6.45, 7) is 2.55. The molecule has 3 nitrogen and oxygen atoms in total. The van der Waals surface area contributed by atoms with Crippen LogP contribution in [0.2, 0.25) is 0 Å². The van der Waals surface area contributed by atoms with E-state index in [-0.39, 0.29) is 24.2 Å². The molecule has 1 aromatic carbocycles. The largest absolute Gasteiger partial charge is 0.352 e. The van der Waals surface area contributed by atoms with E-state index >= 15 is 0 Å². The second kappa shape index (κ2) is 7.01. The molecule has 0 spiro atoms. The van der Waals surface area contributed by atoms with Gasteiger partial charge in [0.1, 0.15) is 5.82 Å². The summed E-state index contributed by atoms with van der Waals surface area (Å²) in [6, 6.07) is 6.41. The van der Waals surface area contributed by atoms with Crippen LogP contribution in [0, 0.1) is 11.7 Å². The van der Waals surface area contributed by atoms with Crippen LogP contribution in [0.5, 0.6) is 0 Å². The van der Waals surface area contributed by atoms with Gasteiger partial charge in [0.25, 0.3) is 0 Å². The normalized spacial score (nSPS) is 12.2. The summed E-state index contributed by atoms with van der Waals surface area (Å²) in [6.07, 6.45) is 1.68. The summed E-state index contributed by atoms with van der Waals surface area (Å²) in [5.41, 5.74) is 6.02. The number of benzene rings is 1. The van der Waals surface area contributed by atoms with Crippen LogP contribution in [0.15, 0.2) is 24.3 Å². The highest BCUT2D eigenvalue weighted by Gasteiger charge is 2.15. The molecule has 0 aliphatic heterocycles. The van der Waals surface area contributed by atoms with Crippen molar-refractivity contribution in [2.45, 2.75) is 26.3 Å². The number of halogens is 1. The van der Waals surface area contributed by atoms with E-state index in [1.54, 1.807) is 18.2 Å². The van der Waals surface area contributed by atoms with Gasteiger partial charge in [-0.25, -0.2) is 4.39 Å². The zero-order chi connectivity index (χ0) is 12.7. The molecule has 0 saturated heterocycles. The molecule has 0 aliphatic carbocycles. The van der Waals surface area contributed by atoms with Gasteiger partial charge in [0.2, 0.25) is 5.91 Å². The van der Waals surface area contributed by atoms with Crippen molar-refractivity contribution in [1.82, 2.24) is 5.32 Å². The predicted octanol–water partition coefficient (Wildman–Crippen LogP) is 1.82. The molecule has 1 atom stereocenters. The number of carbonyl (C=O) groups excluding carboxylic acids is 1. The molecule has 0 fully saturated rings. The Hall–Kier alpha value is -1.42. The Morgan fingerprint density at radius 2 is 2.18 bits per heavy atom. The average molecular weight is 238 g/mol. The summed E-state index contributed by atoms with van der Waals surface area (Å²) in [5.74, 6) is -0.572. The van der Waals surface area contributed by atoms with Crippen molar-refractivity contribution >= 4 is 5.91 Å². The van der Waals surface area contributed by atoms with Crippen molar-refractivity contribution in [1.29, 1.82) is 0 Å². The Kier molecular flexibility index (Phi) is 5.63. The second-order valence-corrected chi connectivity index (χ2v) is 4.03. The third-order valence-electron chi connectivity index (χ3n) is 2.70. The zero-order valence-corrected chi connectivity index (χ0v) is 10.1. The highest BCUT2D eigenvalue weighted by Crippen LogP contribution is 2.08. The fourth-order valence-electron chi connectivity index (χ4n) is 1.67. The maximum absolute atomic E-state index is 13.3. The van der Waals surface area contributed by atoms with Crippen molar-refractivity contribution in [3.63, 3.8) is 0 Å². The quantitative estimate of drug-likeness (QED) is 0.794. The summed E-state index contributed by atoms with van der Waals surface area (Å²) in [7, 11) is 0. The van der Waals surface area contributed by atoms with Crippen LogP contribution < -0.4 is 11.1 Å². The van der Waals surface area contributed by atoms with Crippen LogP contribution >= 0.6 is 0 Å². The molecular formula is C13H19FN2O. The van der Waals surface area contributed by atoms with E-state index in [1.807, 2.05) is 6.92 Å².